The highest BCUT2D eigenvalue weighted by Gasteiger charge is 2.60. The van der Waals surface area contributed by atoms with Gasteiger partial charge < -0.3 is 5.32 Å². The molecule has 0 unspecified atom stereocenters. The molecule has 0 aromatic rings. The van der Waals surface area contributed by atoms with E-state index >= 15 is 0 Å². The van der Waals surface area contributed by atoms with Crippen molar-refractivity contribution in [3.05, 3.63) is 0 Å². The van der Waals surface area contributed by atoms with Crippen LogP contribution in [0, 0.1) is 28.6 Å². The van der Waals surface area contributed by atoms with E-state index in [0.717, 1.165) is 30.7 Å². The van der Waals surface area contributed by atoms with Crippen LogP contribution in [0.3, 0.4) is 0 Å². The molecule has 0 spiro atoms. The van der Waals surface area contributed by atoms with Gasteiger partial charge in [-0.1, -0.05) is 13.8 Å². The summed E-state index contributed by atoms with van der Waals surface area (Å²) < 4.78 is 0. The monoisotopic (exact) mass is 289 g/mol. The first-order valence-electron chi connectivity index (χ1n) is 9.38. The maximum atomic E-state index is 12.6. The summed E-state index contributed by atoms with van der Waals surface area (Å²) in [6.07, 6.45) is 11.1. The Morgan fingerprint density at radius 2 is 2.00 bits per heavy atom. The maximum absolute atomic E-state index is 12.6. The summed E-state index contributed by atoms with van der Waals surface area (Å²) in [5.41, 5.74) is 0.596. The standard InChI is InChI=1S/C19H31NO/c1-3-19-11-9-14-13(15(19)6-8-17(19)21)5-7-16-18(14,2)10-4-12-20-16/h13-16,20H,3-12H2,1-2H3/t13-,14+,15+,16-,18-,19+/m1/s1. The van der Waals surface area contributed by atoms with E-state index < -0.39 is 0 Å². The molecule has 0 radical (unpaired) electrons. The normalized spacial score (nSPS) is 53.0. The van der Waals surface area contributed by atoms with E-state index in [2.05, 4.69) is 19.2 Å². The Hall–Kier alpha value is -0.370. The minimum Gasteiger partial charge on any atom is -0.313 e. The van der Waals surface area contributed by atoms with Crippen molar-refractivity contribution in [1.82, 2.24) is 5.32 Å². The lowest BCUT2D eigenvalue weighted by Gasteiger charge is -2.60. The lowest BCUT2D eigenvalue weighted by atomic mass is 9.47. The topological polar surface area (TPSA) is 29.1 Å². The van der Waals surface area contributed by atoms with Gasteiger partial charge in [-0.3, -0.25) is 4.79 Å². The third-order valence-corrected chi connectivity index (χ3v) is 8.23. The highest BCUT2D eigenvalue weighted by atomic mass is 16.1. The number of piperidine rings is 1. The second-order valence-electron chi connectivity index (χ2n) is 8.58. The lowest BCUT2D eigenvalue weighted by molar-refractivity contribution is -0.138. The van der Waals surface area contributed by atoms with Crippen molar-refractivity contribution in [3.8, 4) is 0 Å². The third-order valence-electron chi connectivity index (χ3n) is 8.23. The van der Waals surface area contributed by atoms with Crippen LogP contribution in [0.25, 0.3) is 0 Å². The molecule has 0 aromatic heterocycles. The maximum Gasteiger partial charge on any atom is 0.139 e. The molecule has 2 nitrogen and oxygen atoms in total. The van der Waals surface area contributed by atoms with Gasteiger partial charge in [0.05, 0.1) is 0 Å². The fraction of sp³-hybridized carbons (Fsp3) is 0.947. The van der Waals surface area contributed by atoms with E-state index in [1.807, 2.05) is 0 Å². The highest BCUT2D eigenvalue weighted by Crippen LogP contribution is 2.63. The lowest BCUT2D eigenvalue weighted by Crippen LogP contribution is -2.60. The summed E-state index contributed by atoms with van der Waals surface area (Å²) in [4.78, 5) is 12.6. The van der Waals surface area contributed by atoms with Gasteiger partial charge >= 0.3 is 0 Å². The van der Waals surface area contributed by atoms with E-state index in [1.165, 1.54) is 51.5 Å². The van der Waals surface area contributed by atoms with Crippen molar-refractivity contribution in [1.29, 1.82) is 0 Å². The third kappa shape index (κ3) is 1.77. The molecule has 0 aromatic carbocycles. The largest absolute Gasteiger partial charge is 0.313 e. The minimum absolute atomic E-state index is 0.0897. The molecule has 6 atom stereocenters. The van der Waals surface area contributed by atoms with Gasteiger partial charge in [-0.05, 0) is 81.1 Å². The van der Waals surface area contributed by atoms with Gasteiger partial charge in [0, 0.05) is 17.9 Å². The average Bonchev–Trinajstić information content (AvgIpc) is 2.84. The number of hydrogen-bond acceptors (Lipinski definition) is 2. The van der Waals surface area contributed by atoms with Gasteiger partial charge in [-0.25, -0.2) is 0 Å². The fourth-order valence-electron chi connectivity index (χ4n) is 7.12. The molecule has 3 aliphatic carbocycles. The molecule has 1 heterocycles. The molecule has 3 saturated carbocycles. The number of nitrogens with one attached hydrogen (secondary N) is 1. The second-order valence-corrected chi connectivity index (χ2v) is 8.58. The Morgan fingerprint density at radius 3 is 2.81 bits per heavy atom. The molecule has 0 bridgehead atoms. The first-order chi connectivity index (χ1) is 10.1. The van der Waals surface area contributed by atoms with Crippen LogP contribution < -0.4 is 5.32 Å². The van der Waals surface area contributed by atoms with Crippen LogP contribution in [0.4, 0.5) is 0 Å². The van der Waals surface area contributed by atoms with Gasteiger partial charge in [0.1, 0.15) is 5.78 Å². The summed E-state index contributed by atoms with van der Waals surface area (Å²) in [5.74, 6) is 3.04. The van der Waals surface area contributed by atoms with E-state index in [9.17, 15) is 4.79 Å². The number of rotatable bonds is 1. The molecule has 1 saturated heterocycles. The van der Waals surface area contributed by atoms with Crippen LogP contribution in [-0.2, 0) is 4.79 Å². The first kappa shape index (κ1) is 14.2. The smallest absolute Gasteiger partial charge is 0.139 e. The predicted molar refractivity (Wildman–Crippen MR) is 85.0 cm³/mol. The molecule has 0 amide bonds. The average molecular weight is 289 g/mol. The van der Waals surface area contributed by atoms with E-state index in [4.69, 9.17) is 0 Å². The van der Waals surface area contributed by atoms with Crippen LogP contribution in [0.1, 0.15) is 71.6 Å². The molecule has 118 valence electrons. The number of Topliss-reactive ketones (excluding diaryl/α,β-unsaturated/α-hetero) is 1. The van der Waals surface area contributed by atoms with Gasteiger partial charge in [0.25, 0.3) is 0 Å². The van der Waals surface area contributed by atoms with Crippen LogP contribution >= 0.6 is 0 Å². The van der Waals surface area contributed by atoms with Crippen molar-refractivity contribution in [2.75, 3.05) is 6.54 Å². The molecule has 4 aliphatic rings. The second kappa shape index (κ2) is 4.81. The molecule has 4 fully saturated rings. The van der Waals surface area contributed by atoms with Crippen LogP contribution in [0.2, 0.25) is 0 Å². The van der Waals surface area contributed by atoms with Crippen molar-refractivity contribution in [2.45, 2.75) is 77.7 Å². The molecule has 2 heteroatoms. The zero-order valence-corrected chi connectivity index (χ0v) is 13.8. The fourth-order valence-corrected chi connectivity index (χ4v) is 7.12. The summed E-state index contributed by atoms with van der Waals surface area (Å²) in [6.45, 7) is 6.06. The van der Waals surface area contributed by atoms with E-state index in [0.29, 0.717) is 17.1 Å². The Morgan fingerprint density at radius 1 is 1.14 bits per heavy atom. The number of carbonyl (C=O) groups excluding carboxylic acids is 1. The van der Waals surface area contributed by atoms with E-state index in [1.54, 1.807) is 0 Å². The highest BCUT2D eigenvalue weighted by molar-refractivity contribution is 5.87. The Labute approximate surface area is 129 Å². The van der Waals surface area contributed by atoms with Crippen LogP contribution in [0.15, 0.2) is 0 Å². The number of fused-ring (bicyclic) bond motifs is 5. The Kier molecular flexibility index (Phi) is 3.26. The molecule has 1 N–H and O–H groups in total. The molecular formula is C19H31NO. The summed E-state index contributed by atoms with van der Waals surface area (Å²) >= 11 is 0. The van der Waals surface area contributed by atoms with Crippen molar-refractivity contribution >= 4 is 5.78 Å². The first-order valence-corrected chi connectivity index (χ1v) is 9.38. The zero-order valence-electron chi connectivity index (χ0n) is 13.8. The van der Waals surface area contributed by atoms with Gasteiger partial charge in [-0.15, -0.1) is 0 Å². The summed E-state index contributed by atoms with van der Waals surface area (Å²) in [5, 5.41) is 3.82. The molecule has 21 heavy (non-hydrogen) atoms. The van der Waals surface area contributed by atoms with Crippen LogP contribution in [-0.4, -0.2) is 18.4 Å². The Balaban J connectivity index is 1.66. The summed E-state index contributed by atoms with van der Waals surface area (Å²) in [7, 11) is 0. The van der Waals surface area contributed by atoms with E-state index in [-0.39, 0.29) is 5.41 Å². The van der Waals surface area contributed by atoms with Gasteiger partial charge in [0.15, 0.2) is 0 Å². The summed E-state index contributed by atoms with van der Waals surface area (Å²) in [6, 6.07) is 0.749. The SMILES string of the molecule is CC[C@]12CC[C@H]3[C@@H](CC[C@H]4NCCC[C@@]43C)[C@@H]1CCC2=O. The van der Waals surface area contributed by atoms with Gasteiger partial charge in [-0.2, -0.15) is 0 Å². The molecule has 1 aliphatic heterocycles. The van der Waals surface area contributed by atoms with Crippen molar-refractivity contribution < 1.29 is 4.79 Å². The molecular weight excluding hydrogens is 258 g/mol. The quantitative estimate of drug-likeness (QED) is 0.792. The van der Waals surface area contributed by atoms with Crippen LogP contribution in [0.5, 0.6) is 0 Å². The Bertz CT molecular complexity index is 447. The van der Waals surface area contributed by atoms with Crippen molar-refractivity contribution in [3.63, 3.8) is 0 Å². The zero-order chi connectivity index (χ0) is 14.7. The van der Waals surface area contributed by atoms with Crippen molar-refractivity contribution in [2.24, 2.45) is 28.6 Å². The van der Waals surface area contributed by atoms with Gasteiger partial charge in [0.2, 0.25) is 0 Å². The number of carbonyl (C=O) groups is 1. The number of hydrogen-bond donors (Lipinski definition) is 1. The minimum atomic E-state index is 0.0897. The molecule has 4 rings (SSSR count). The number of ketones is 1. The predicted octanol–water partition coefficient (Wildman–Crippen LogP) is 3.94.